The molecule has 9 heteroatoms. The molecule has 0 saturated carbocycles. The second kappa shape index (κ2) is 9.40. The first-order chi connectivity index (χ1) is 13.9. The molecule has 2 N–H and O–H groups in total. The number of nitrogens with one attached hydrogen (secondary N) is 2. The number of hydrogen-bond donors (Lipinski definition) is 2. The molecule has 0 fully saturated rings. The van der Waals surface area contributed by atoms with Crippen molar-refractivity contribution in [2.75, 3.05) is 17.9 Å². The Morgan fingerprint density at radius 3 is 2.45 bits per heavy atom. The van der Waals surface area contributed by atoms with E-state index in [9.17, 15) is 13.2 Å². The van der Waals surface area contributed by atoms with Gasteiger partial charge in [0.15, 0.2) is 0 Å². The van der Waals surface area contributed by atoms with Crippen LogP contribution < -0.4 is 14.8 Å². The molecule has 0 unspecified atom stereocenters. The van der Waals surface area contributed by atoms with Crippen LogP contribution in [0.15, 0.2) is 78.0 Å². The number of aromatic nitrogens is 1. The van der Waals surface area contributed by atoms with Crippen molar-refractivity contribution in [3.05, 3.63) is 83.6 Å². The normalized spacial score (nSPS) is 10.9. The van der Waals surface area contributed by atoms with E-state index in [-0.39, 0.29) is 24.0 Å². The minimum Gasteiger partial charge on any atom is -0.492 e. The highest BCUT2D eigenvalue weighted by molar-refractivity contribution is 7.92. The maximum Gasteiger partial charge on any atom is 0.261 e. The molecule has 0 aliphatic carbocycles. The molecule has 0 saturated heterocycles. The average Bonchev–Trinajstić information content (AvgIpc) is 2.72. The van der Waals surface area contributed by atoms with Gasteiger partial charge in [0.2, 0.25) is 0 Å². The molecule has 29 heavy (non-hydrogen) atoms. The summed E-state index contributed by atoms with van der Waals surface area (Å²) >= 11 is 5.88. The van der Waals surface area contributed by atoms with Crippen molar-refractivity contribution in [3.8, 4) is 5.75 Å². The summed E-state index contributed by atoms with van der Waals surface area (Å²) in [4.78, 5) is 16.1. The van der Waals surface area contributed by atoms with Crippen LogP contribution in [-0.4, -0.2) is 32.5 Å². The Balaban J connectivity index is 1.53. The SMILES string of the molecule is O=C(NCCOc1cccc(Cl)c1)c1ccc(S(=O)(=O)Nc2ccncc2)cc1. The van der Waals surface area contributed by atoms with Gasteiger partial charge in [-0.3, -0.25) is 14.5 Å². The molecule has 0 aliphatic heterocycles. The van der Waals surface area contributed by atoms with E-state index in [1.54, 1.807) is 36.4 Å². The first-order valence-electron chi connectivity index (χ1n) is 8.63. The van der Waals surface area contributed by atoms with Crippen LogP contribution in [-0.2, 0) is 10.0 Å². The largest absolute Gasteiger partial charge is 0.492 e. The van der Waals surface area contributed by atoms with Gasteiger partial charge in [-0.15, -0.1) is 0 Å². The van der Waals surface area contributed by atoms with Crippen molar-refractivity contribution in [1.29, 1.82) is 0 Å². The van der Waals surface area contributed by atoms with E-state index in [2.05, 4.69) is 15.0 Å². The van der Waals surface area contributed by atoms with Gasteiger partial charge >= 0.3 is 0 Å². The summed E-state index contributed by atoms with van der Waals surface area (Å²) in [6.45, 7) is 0.559. The zero-order valence-electron chi connectivity index (χ0n) is 15.2. The minimum absolute atomic E-state index is 0.0511. The zero-order chi connectivity index (χ0) is 20.7. The van der Waals surface area contributed by atoms with Crippen molar-refractivity contribution in [1.82, 2.24) is 10.3 Å². The van der Waals surface area contributed by atoms with Crippen LogP contribution in [0.5, 0.6) is 5.75 Å². The highest BCUT2D eigenvalue weighted by atomic mass is 35.5. The van der Waals surface area contributed by atoms with E-state index in [1.165, 1.54) is 36.7 Å². The fourth-order valence-corrected chi connectivity index (χ4v) is 3.65. The first kappa shape index (κ1) is 20.6. The van der Waals surface area contributed by atoms with E-state index in [4.69, 9.17) is 16.3 Å². The van der Waals surface area contributed by atoms with Crippen LogP contribution >= 0.6 is 11.6 Å². The molecular formula is C20H18ClN3O4S. The molecule has 3 aromatic rings. The predicted octanol–water partition coefficient (Wildman–Crippen LogP) is 3.34. The monoisotopic (exact) mass is 431 g/mol. The van der Waals surface area contributed by atoms with Crippen molar-refractivity contribution < 1.29 is 17.9 Å². The minimum atomic E-state index is -3.75. The van der Waals surface area contributed by atoms with Crippen LogP contribution in [0.4, 0.5) is 5.69 Å². The molecule has 0 bridgehead atoms. The highest BCUT2D eigenvalue weighted by Crippen LogP contribution is 2.17. The van der Waals surface area contributed by atoms with E-state index in [0.29, 0.717) is 22.0 Å². The Morgan fingerprint density at radius 1 is 1.03 bits per heavy atom. The molecule has 1 amide bonds. The van der Waals surface area contributed by atoms with Gasteiger partial charge in [0.05, 0.1) is 17.1 Å². The molecular weight excluding hydrogens is 414 g/mol. The van der Waals surface area contributed by atoms with E-state index >= 15 is 0 Å². The van der Waals surface area contributed by atoms with Gasteiger partial charge in [-0.25, -0.2) is 8.42 Å². The maximum atomic E-state index is 12.4. The number of carbonyl (C=O) groups excluding carboxylic acids is 1. The third-order valence-corrected chi connectivity index (χ3v) is 5.44. The Kier molecular flexibility index (Phi) is 6.69. The van der Waals surface area contributed by atoms with Gasteiger partial charge in [-0.05, 0) is 54.6 Å². The standard InChI is InChI=1S/C20H18ClN3O4S/c21-16-2-1-3-18(14-16)28-13-12-23-20(25)15-4-6-19(7-5-15)29(26,27)24-17-8-10-22-11-9-17/h1-11,14H,12-13H2,(H,22,24)(H,23,25). The van der Waals surface area contributed by atoms with Gasteiger partial charge in [0.25, 0.3) is 15.9 Å². The summed E-state index contributed by atoms with van der Waals surface area (Å²) < 4.78 is 32.7. The second-order valence-corrected chi connectivity index (χ2v) is 8.05. The summed E-state index contributed by atoms with van der Waals surface area (Å²) in [6.07, 6.45) is 2.97. The first-order valence-corrected chi connectivity index (χ1v) is 10.5. The van der Waals surface area contributed by atoms with Gasteiger partial charge < -0.3 is 10.1 Å². The number of benzene rings is 2. The van der Waals surface area contributed by atoms with E-state index in [0.717, 1.165) is 0 Å². The van der Waals surface area contributed by atoms with Crippen molar-refractivity contribution in [2.45, 2.75) is 4.90 Å². The Morgan fingerprint density at radius 2 is 1.76 bits per heavy atom. The number of pyridine rings is 1. The topological polar surface area (TPSA) is 97.4 Å². The predicted molar refractivity (Wildman–Crippen MR) is 111 cm³/mol. The lowest BCUT2D eigenvalue weighted by Crippen LogP contribution is -2.28. The summed E-state index contributed by atoms with van der Waals surface area (Å²) in [5.74, 6) is 0.286. The lowest BCUT2D eigenvalue weighted by molar-refractivity contribution is 0.0947. The molecule has 1 heterocycles. The Labute approximate surface area is 173 Å². The molecule has 0 atom stereocenters. The number of amides is 1. The molecule has 7 nitrogen and oxygen atoms in total. The number of rotatable bonds is 8. The smallest absolute Gasteiger partial charge is 0.261 e. The van der Waals surface area contributed by atoms with Crippen molar-refractivity contribution in [2.24, 2.45) is 0 Å². The third kappa shape index (κ3) is 5.94. The van der Waals surface area contributed by atoms with E-state index in [1.807, 2.05) is 0 Å². The molecule has 3 rings (SSSR count). The number of nitrogens with zero attached hydrogens (tertiary/aromatic N) is 1. The quantitative estimate of drug-likeness (QED) is 0.533. The van der Waals surface area contributed by atoms with Crippen LogP contribution in [0.25, 0.3) is 0 Å². The van der Waals surface area contributed by atoms with Gasteiger partial charge in [-0.2, -0.15) is 0 Å². The second-order valence-electron chi connectivity index (χ2n) is 5.93. The molecule has 0 radical (unpaired) electrons. The molecule has 0 spiro atoms. The number of ether oxygens (including phenoxy) is 1. The lowest BCUT2D eigenvalue weighted by Gasteiger charge is -2.10. The number of carbonyl (C=O) groups is 1. The summed E-state index contributed by atoms with van der Waals surface area (Å²) in [5, 5.41) is 3.28. The Hall–Kier alpha value is -3.10. The van der Waals surface area contributed by atoms with Crippen molar-refractivity contribution >= 4 is 33.2 Å². The number of hydrogen-bond acceptors (Lipinski definition) is 5. The molecule has 1 aromatic heterocycles. The summed E-state index contributed by atoms with van der Waals surface area (Å²) in [5.41, 5.74) is 0.747. The van der Waals surface area contributed by atoms with Gasteiger partial charge in [0.1, 0.15) is 12.4 Å². The molecule has 0 aliphatic rings. The summed E-state index contributed by atoms with van der Waals surface area (Å²) in [7, 11) is -3.75. The van der Waals surface area contributed by atoms with Crippen LogP contribution in [0.1, 0.15) is 10.4 Å². The Bertz CT molecular complexity index is 1070. The third-order valence-electron chi connectivity index (χ3n) is 3.81. The fraction of sp³-hybridized carbons (Fsp3) is 0.100. The maximum absolute atomic E-state index is 12.4. The van der Waals surface area contributed by atoms with Gasteiger partial charge in [0, 0.05) is 23.0 Å². The van der Waals surface area contributed by atoms with Crippen LogP contribution in [0.3, 0.4) is 0 Å². The van der Waals surface area contributed by atoms with Gasteiger partial charge in [-0.1, -0.05) is 17.7 Å². The van der Waals surface area contributed by atoms with E-state index < -0.39 is 10.0 Å². The molecule has 2 aromatic carbocycles. The highest BCUT2D eigenvalue weighted by Gasteiger charge is 2.15. The fourth-order valence-electron chi connectivity index (χ4n) is 2.41. The van der Waals surface area contributed by atoms with Crippen molar-refractivity contribution in [3.63, 3.8) is 0 Å². The summed E-state index contributed by atoms with van der Waals surface area (Å²) in [6, 6.07) is 15.7. The van der Waals surface area contributed by atoms with Crippen LogP contribution in [0.2, 0.25) is 5.02 Å². The number of anilines is 1. The number of halogens is 1. The average molecular weight is 432 g/mol. The van der Waals surface area contributed by atoms with Crippen LogP contribution in [0, 0.1) is 0 Å². The molecule has 150 valence electrons. The lowest BCUT2D eigenvalue weighted by atomic mass is 10.2. The zero-order valence-corrected chi connectivity index (χ0v) is 16.8. The number of sulfonamides is 1.